The predicted octanol–water partition coefficient (Wildman–Crippen LogP) is 3.58. The molecule has 0 amide bonds. The van der Waals surface area contributed by atoms with E-state index in [1.54, 1.807) is 25.3 Å². The van der Waals surface area contributed by atoms with Crippen LogP contribution in [0.5, 0.6) is 11.5 Å². The van der Waals surface area contributed by atoms with Gasteiger partial charge in [0.2, 0.25) is 0 Å². The fourth-order valence-electron chi connectivity index (χ4n) is 3.26. The lowest BCUT2D eigenvalue weighted by Gasteiger charge is -2.18. The normalized spacial score (nSPS) is 16.9. The first-order valence-electron chi connectivity index (χ1n) is 9.11. The topological polar surface area (TPSA) is 79.7 Å². The summed E-state index contributed by atoms with van der Waals surface area (Å²) < 4.78 is 24.9. The summed E-state index contributed by atoms with van der Waals surface area (Å²) >= 11 is 5.89. The summed E-state index contributed by atoms with van der Waals surface area (Å²) in [7, 11) is 1.57. The van der Waals surface area contributed by atoms with Crippen LogP contribution in [0, 0.1) is 5.82 Å². The Hall–Kier alpha value is -2.68. The fourth-order valence-corrected chi connectivity index (χ4v) is 3.44. The molecule has 2 heterocycles. The molecule has 0 radical (unpaired) electrons. The minimum Gasteiger partial charge on any atom is -0.497 e. The van der Waals surface area contributed by atoms with Crippen molar-refractivity contribution in [2.45, 2.75) is 12.5 Å². The minimum atomic E-state index is -0.494. The smallest absolute Gasteiger partial charge is 0.145 e. The highest BCUT2D eigenvalue weighted by Crippen LogP contribution is 2.36. The number of aliphatic hydroxyl groups excluding tert-OH is 1. The van der Waals surface area contributed by atoms with Crippen molar-refractivity contribution < 1.29 is 19.0 Å². The van der Waals surface area contributed by atoms with Crippen molar-refractivity contribution in [2.75, 3.05) is 32.2 Å². The van der Waals surface area contributed by atoms with Crippen LogP contribution in [0.3, 0.4) is 0 Å². The third kappa shape index (κ3) is 4.34. The maximum Gasteiger partial charge on any atom is 0.145 e. The Morgan fingerprint density at radius 2 is 2.17 bits per heavy atom. The van der Waals surface area contributed by atoms with Crippen molar-refractivity contribution in [3.05, 3.63) is 47.5 Å². The first kappa shape index (κ1) is 19.6. The quantitative estimate of drug-likeness (QED) is 0.633. The van der Waals surface area contributed by atoms with E-state index in [9.17, 15) is 9.50 Å². The summed E-state index contributed by atoms with van der Waals surface area (Å²) in [6.07, 6.45) is 1.82. The van der Waals surface area contributed by atoms with E-state index < -0.39 is 5.82 Å². The van der Waals surface area contributed by atoms with Crippen molar-refractivity contribution in [1.29, 1.82) is 0 Å². The summed E-state index contributed by atoms with van der Waals surface area (Å²) in [4.78, 5) is 10.7. The molecule has 0 aliphatic carbocycles. The molecule has 1 aliphatic heterocycles. The molecule has 9 heteroatoms. The monoisotopic (exact) mass is 418 g/mol. The van der Waals surface area contributed by atoms with Gasteiger partial charge in [-0.2, -0.15) is 0 Å². The summed E-state index contributed by atoms with van der Waals surface area (Å²) in [6, 6.07) is 7.89. The molecule has 2 N–H and O–H groups in total. The van der Waals surface area contributed by atoms with Crippen LogP contribution in [-0.4, -0.2) is 53.0 Å². The molecule has 2 aromatic carbocycles. The van der Waals surface area contributed by atoms with Gasteiger partial charge in [0.05, 0.1) is 29.1 Å². The summed E-state index contributed by atoms with van der Waals surface area (Å²) in [6.45, 7) is 1.65. The molecule has 3 aromatic rings. The molecule has 4 rings (SSSR count). The van der Waals surface area contributed by atoms with Gasteiger partial charge in [-0.05, 0) is 24.6 Å². The third-order valence-corrected chi connectivity index (χ3v) is 5.03. The number of benzene rings is 2. The molecule has 1 saturated heterocycles. The number of hydrogen-bond donors (Lipinski definition) is 2. The first-order valence-corrected chi connectivity index (χ1v) is 9.49. The number of aliphatic hydroxyl groups is 1. The molecule has 1 fully saturated rings. The van der Waals surface area contributed by atoms with Gasteiger partial charge >= 0.3 is 0 Å². The standard InChI is InChI=1S/C20H20ClFN4O3/c1-28-14-7-17-19(18(8-14)29-11-26-5-4-13(27)9-26)20(24-10-23-17)25-12-2-3-16(22)15(21)6-12/h2-3,6-8,10,13,27H,4-5,9,11H2,1H3,(H,23,24,25). The van der Waals surface area contributed by atoms with Crippen LogP contribution >= 0.6 is 11.6 Å². The first-order chi connectivity index (χ1) is 14.0. The molecular weight excluding hydrogens is 399 g/mol. The van der Waals surface area contributed by atoms with E-state index in [0.717, 1.165) is 13.0 Å². The average Bonchev–Trinajstić information content (AvgIpc) is 3.14. The van der Waals surface area contributed by atoms with Crippen LogP contribution in [0.1, 0.15) is 6.42 Å². The predicted molar refractivity (Wildman–Crippen MR) is 108 cm³/mol. The largest absolute Gasteiger partial charge is 0.497 e. The number of methoxy groups -OCH3 is 1. The maximum absolute atomic E-state index is 13.5. The molecule has 1 aliphatic rings. The zero-order chi connectivity index (χ0) is 20.4. The summed E-state index contributed by atoms with van der Waals surface area (Å²) in [5.74, 6) is 1.14. The third-order valence-electron chi connectivity index (χ3n) is 4.74. The highest BCUT2D eigenvalue weighted by molar-refractivity contribution is 6.31. The Morgan fingerprint density at radius 3 is 2.90 bits per heavy atom. The number of rotatable bonds is 6. The van der Waals surface area contributed by atoms with Gasteiger partial charge in [0, 0.05) is 30.9 Å². The number of halogens is 2. The number of aromatic nitrogens is 2. The lowest BCUT2D eigenvalue weighted by molar-refractivity contribution is 0.124. The van der Waals surface area contributed by atoms with E-state index >= 15 is 0 Å². The molecular formula is C20H20ClFN4O3. The molecule has 1 atom stereocenters. The second-order valence-electron chi connectivity index (χ2n) is 6.79. The number of ether oxygens (including phenoxy) is 2. The maximum atomic E-state index is 13.5. The van der Waals surface area contributed by atoms with Crippen LogP contribution in [0.2, 0.25) is 5.02 Å². The van der Waals surface area contributed by atoms with Gasteiger partial charge in [-0.15, -0.1) is 0 Å². The second kappa shape index (κ2) is 8.36. The van der Waals surface area contributed by atoms with Crippen molar-refractivity contribution >= 4 is 34.0 Å². The van der Waals surface area contributed by atoms with Gasteiger partial charge in [0.25, 0.3) is 0 Å². The number of nitrogens with zero attached hydrogens (tertiary/aromatic N) is 3. The van der Waals surface area contributed by atoms with Crippen molar-refractivity contribution in [1.82, 2.24) is 14.9 Å². The van der Waals surface area contributed by atoms with Crippen LogP contribution in [0.4, 0.5) is 15.9 Å². The van der Waals surface area contributed by atoms with E-state index in [2.05, 4.69) is 15.3 Å². The Kier molecular flexibility index (Phi) is 5.66. The van der Waals surface area contributed by atoms with Crippen molar-refractivity contribution in [3.8, 4) is 11.5 Å². The van der Waals surface area contributed by atoms with E-state index in [4.69, 9.17) is 21.1 Å². The van der Waals surface area contributed by atoms with Gasteiger partial charge in [0.1, 0.15) is 36.2 Å². The molecule has 0 spiro atoms. The lowest BCUT2D eigenvalue weighted by atomic mass is 10.2. The van der Waals surface area contributed by atoms with Crippen LogP contribution < -0.4 is 14.8 Å². The molecule has 29 heavy (non-hydrogen) atoms. The molecule has 1 unspecified atom stereocenters. The number of hydrogen-bond acceptors (Lipinski definition) is 7. The van der Waals surface area contributed by atoms with Crippen LogP contribution in [0.15, 0.2) is 36.7 Å². The summed E-state index contributed by atoms with van der Waals surface area (Å²) in [5.41, 5.74) is 1.22. The molecule has 152 valence electrons. The highest BCUT2D eigenvalue weighted by atomic mass is 35.5. The number of likely N-dealkylation sites (tertiary alicyclic amines) is 1. The van der Waals surface area contributed by atoms with Gasteiger partial charge < -0.3 is 19.9 Å². The van der Waals surface area contributed by atoms with Gasteiger partial charge in [-0.25, -0.2) is 14.4 Å². The van der Waals surface area contributed by atoms with Crippen molar-refractivity contribution in [2.24, 2.45) is 0 Å². The van der Waals surface area contributed by atoms with E-state index in [-0.39, 0.29) is 11.1 Å². The highest BCUT2D eigenvalue weighted by Gasteiger charge is 2.21. The van der Waals surface area contributed by atoms with Crippen molar-refractivity contribution in [3.63, 3.8) is 0 Å². The lowest BCUT2D eigenvalue weighted by Crippen LogP contribution is -2.26. The SMILES string of the molecule is COc1cc(OCN2CCC(O)C2)c2c(Nc3ccc(F)c(Cl)c3)ncnc2c1. The minimum absolute atomic E-state index is 0.0131. The molecule has 1 aromatic heterocycles. The van der Waals surface area contributed by atoms with Gasteiger partial charge in [0.15, 0.2) is 0 Å². The van der Waals surface area contributed by atoms with E-state index in [0.29, 0.717) is 47.2 Å². The number of fused-ring (bicyclic) bond motifs is 1. The Morgan fingerprint density at radius 1 is 1.31 bits per heavy atom. The van der Waals surface area contributed by atoms with Crippen LogP contribution in [0.25, 0.3) is 10.9 Å². The number of anilines is 2. The number of β-amino-alcohol motifs (C(OH)–C–C–N with tert-alkyl or cyclic N) is 1. The Bertz CT molecular complexity index is 1040. The average molecular weight is 419 g/mol. The van der Waals surface area contributed by atoms with Gasteiger partial charge in [-0.1, -0.05) is 11.6 Å². The van der Waals surface area contributed by atoms with Gasteiger partial charge in [-0.3, -0.25) is 4.90 Å². The zero-order valence-electron chi connectivity index (χ0n) is 15.7. The van der Waals surface area contributed by atoms with E-state index in [1.165, 1.54) is 18.5 Å². The molecule has 7 nitrogen and oxygen atoms in total. The number of nitrogens with one attached hydrogen (secondary N) is 1. The van der Waals surface area contributed by atoms with Crippen LogP contribution in [-0.2, 0) is 0 Å². The molecule has 0 saturated carbocycles. The Labute approximate surface area is 172 Å². The zero-order valence-corrected chi connectivity index (χ0v) is 16.5. The summed E-state index contributed by atoms with van der Waals surface area (Å²) in [5, 5.41) is 13.5. The second-order valence-corrected chi connectivity index (χ2v) is 7.20. The fraction of sp³-hybridized carbons (Fsp3) is 0.300. The van der Waals surface area contributed by atoms with E-state index in [1.807, 2.05) is 4.90 Å². The Balaban J connectivity index is 1.69. The molecule has 0 bridgehead atoms.